The van der Waals surface area contributed by atoms with E-state index in [0.717, 1.165) is 19.5 Å². The first-order valence-electron chi connectivity index (χ1n) is 8.22. The normalized spacial score (nSPS) is 17.0. The fourth-order valence-electron chi connectivity index (χ4n) is 2.33. The van der Waals surface area contributed by atoms with Gasteiger partial charge in [0.25, 0.3) is 0 Å². The lowest BCUT2D eigenvalue weighted by atomic mass is 10.3. The van der Waals surface area contributed by atoms with Crippen molar-refractivity contribution in [3.8, 4) is 0 Å². The van der Waals surface area contributed by atoms with Crippen molar-refractivity contribution in [2.75, 3.05) is 51.7 Å². The van der Waals surface area contributed by atoms with Gasteiger partial charge in [-0.15, -0.1) is 11.3 Å². The molecule has 2 heterocycles. The van der Waals surface area contributed by atoms with Crippen molar-refractivity contribution in [2.24, 2.45) is 4.99 Å². The van der Waals surface area contributed by atoms with Gasteiger partial charge in [0.15, 0.2) is 5.96 Å². The number of morpholine rings is 1. The first-order chi connectivity index (χ1) is 11.6. The predicted molar refractivity (Wildman–Crippen MR) is 98.2 cm³/mol. The maximum atomic E-state index is 12.3. The van der Waals surface area contributed by atoms with Gasteiger partial charge in [-0.2, -0.15) is 4.31 Å². The molecular weight excluding hydrogens is 348 g/mol. The minimum atomic E-state index is -3.26. The van der Waals surface area contributed by atoms with Crippen LogP contribution in [0.3, 0.4) is 0 Å². The van der Waals surface area contributed by atoms with Gasteiger partial charge in [0.05, 0.1) is 25.5 Å². The largest absolute Gasteiger partial charge is 0.379 e. The maximum absolute atomic E-state index is 12.3. The fourth-order valence-corrected chi connectivity index (χ4v) is 4.32. The highest BCUT2D eigenvalue weighted by atomic mass is 32.2. The lowest BCUT2D eigenvalue weighted by Gasteiger charge is -2.25. The van der Waals surface area contributed by atoms with Gasteiger partial charge in [-0.05, 0) is 24.8 Å². The van der Waals surface area contributed by atoms with Crippen LogP contribution in [0.4, 0.5) is 0 Å². The average molecular weight is 375 g/mol. The molecule has 0 amide bonds. The van der Waals surface area contributed by atoms with E-state index in [0.29, 0.717) is 32.3 Å². The third kappa shape index (κ3) is 6.39. The molecule has 136 valence electrons. The summed E-state index contributed by atoms with van der Waals surface area (Å²) < 4.78 is 31.2. The Hall–Kier alpha value is -1.16. The molecule has 9 heteroatoms. The topological polar surface area (TPSA) is 83.0 Å². The molecule has 1 saturated heterocycles. The predicted octanol–water partition coefficient (Wildman–Crippen LogP) is 0.508. The van der Waals surface area contributed by atoms with Crippen LogP contribution in [0.1, 0.15) is 11.8 Å². The van der Waals surface area contributed by atoms with Crippen molar-refractivity contribution in [1.82, 2.24) is 14.9 Å². The van der Waals surface area contributed by atoms with E-state index in [1.807, 2.05) is 13.0 Å². The molecule has 1 fully saturated rings. The molecular formula is C15H26N4O3S2. The lowest BCUT2D eigenvalue weighted by Crippen LogP contribution is -2.42. The molecule has 0 aliphatic carbocycles. The van der Waals surface area contributed by atoms with Gasteiger partial charge in [-0.25, -0.2) is 8.42 Å². The summed E-state index contributed by atoms with van der Waals surface area (Å²) in [6, 6.07) is 4.14. The summed E-state index contributed by atoms with van der Waals surface area (Å²) in [7, 11) is -3.26. The lowest BCUT2D eigenvalue weighted by molar-refractivity contribution is 0.0731. The highest BCUT2D eigenvalue weighted by Gasteiger charge is 2.23. The maximum Gasteiger partial charge on any atom is 0.216 e. The third-order valence-corrected chi connectivity index (χ3v) is 6.36. The molecule has 24 heavy (non-hydrogen) atoms. The van der Waals surface area contributed by atoms with E-state index in [2.05, 4.69) is 27.1 Å². The Morgan fingerprint density at radius 2 is 2.17 bits per heavy atom. The Balaban J connectivity index is 1.78. The van der Waals surface area contributed by atoms with Crippen molar-refractivity contribution in [1.29, 1.82) is 0 Å². The standard InChI is InChI=1S/C15H26N4O3S2/c1-2-16-15(17-6-5-14-4-3-12-23-14)18-7-13-24(20,21)19-8-10-22-11-9-19/h3-4,12H,2,5-11,13H2,1H3,(H2,16,17,18). The number of nitrogens with one attached hydrogen (secondary N) is 2. The molecule has 0 bridgehead atoms. The summed E-state index contributed by atoms with van der Waals surface area (Å²) in [6.45, 7) is 5.54. The number of hydrogen-bond donors (Lipinski definition) is 2. The van der Waals surface area contributed by atoms with Crippen LogP contribution in [0.15, 0.2) is 22.5 Å². The van der Waals surface area contributed by atoms with E-state index in [4.69, 9.17) is 4.74 Å². The second kappa shape index (κ2) is 9.97. The molecule has 2 rings (SSSR count). The quantitative estimate of drug-likeness (QED) is 0.512. The molecule has 1 aliphatic rings. The molecule has 0 unspecified atom stereocenters. The van der Waals surface area contributed by atoms with Crippen LogP contribution >= 0.6 is 11.3 Å². The molecule has 0 spiro atoms. The molecule has 1 aromatic rings. The monoisotopic (exact) mass is 374 g/mol. The summed E-state index contributed by atoms with van der Waals surface area (Å²) in [5, 5.41) is 8.44. The Morgan fingerprint density at radius 3 is 2.83 bits per heavy atom. The van der Waals surface area contributed by atoms with E-state index in [1.54, 1.807) is 11.3 Å². The van der Waals surface area contributed by atoms with Gasteiger partial charge in [-0.1, -0.05) is 6.07 Å². The number of aliphatic imine (C=N–C) groups is 1. The molecule has 2 N–H and O–H groups in total. The molecule has 0 radical (unpaired) electrons. The van der Waals surface area contributed by atoms with Gasteiger partial charge in [0, 0.05) is 31.1 Å². The van der Waals surface area contributed by atoms with Crippen LogP contribution in [0.5, 0.6) is 0 Å². The van der Waals surface area contributed by atoms with Gasteiger partial charge in [0.2, 0.25) is 10.0 Å². The van der Waals surface area contributed by atoms with Crippen molar-refractivity contribution in [2.45, 2.75) is 13.3 Å². The van der Waals surface area contributed by atoms with Crippen LogP contribution in [-0.4, -0.2) is 70.4 Å². The molecule has 7 nitrogen and oxygen atoms in total. The zero-order chi connectivity index (χ0) is 17.3. The summed E-state index contributed by atoms with van der Waals surface area (Å²) in [5.41, 5.74) is 0. The smallest absolute Gasteiger partial charge is 0.216 e. The number of rotatable bonds is 8. The second-order valence-electron chi connectivity index (χ2n) is 5.34. The minimum Gasteiger partial charge on any atom is -0.379 e. The number of sulfonamides is 1. The van der Waals surface area contributed by atoms with E-state index in [1.165, 1.54) is 9.18 Å². The Labute approximate surface area is 148 Å². The highest BCUT2D eigenvalue weighted by molar-refractivity contribution is 7.89. The van der Waals surface area contributed by atoms with Gasteiger partial charge < -0.3 is 15.4 Å². The van der Waals surface area contributed by atoms with Gasteiger partial charge in [-0.3, -0.25) is 4.99 Å². The molecule has 0 aromatic carbocycles. The first kappa shape index (κ1) is 19.2. The van der Waals surface area contributed by atoms with E-state index < -0.39 is 10.0 Å². The van der Waals surface area contributed by atoms with Crippen molar-refractivity contribution in [3.63, 3.8) is 0 Å². The van der Waals surface area contributed by atoms with E-state index in [9.17, 15) is 8.42 Å². The summed E-state index contributed by atoms with van der Waals surface area (Å²) in [6.07, 6.45) is 0.925. The van der Waals surface area contributed by atoms with Crippen molar-refractivity contribution in [3.05, 3.63) is 22.4 Å². The first-order valence-corrected chi connectivity index (χ1v) is 10.7. The molecule has 0 atom stereocenters. The van der Waals surface area contributed by atoms with E-state index >= 15 is 0 Å². The van der Waals surface area contributed by atoms with Crippen LogP contribution in [0.25, 0.3) is 0 Å². The van der Waals surface area contributed by atoms with Crippen LogP contribution in [-0.2, 0) is 21.2 Å². The van der Waals surface area contributed by atoms with Crippen molar-refractivity contribution >= 4 is 27.3 Å². The molecule has 1 aliphatic heterocycles. The van der Waals surface area contributed by atoms with Crippen LogP contribution in [0.2, 0.25) is 0 Å². The SMILES string of the molecule is CCNC(=NCCS(=O)(=O)N1CCOCC1)NCCc1cccs1. The Bertz CT molecular complexity index is 596. The van der Waals surface area contributed by atoms with Gasteiger partial charge in [0.1, 0.15) is 0 Å². The fraction of sp³-hybridized carbons (Fsp3) is 0.667. The number of guanidine groups is 1. The number of nitrogens with zero attached hydrogens (tertiary/aromatic N) is 2. The minimum absolute atomic E-state index is 0.0223. The average Bonchev–Trinajstić information content (AvgIpc) is 3.09. The Kier molecular flexibility index (Phi) is 7.97. The summed E-state index contributed by atoms with van der Waals surface area (Å²) >= 11 is 1.73. The van der Waals surface area contributed by atoms with Crippen LogP contribution < -0.4 is 10.6 Å². The van der Waals surface area contributed by atoms with E-state index in [-0.39, 0.29) is 12.3 Å². The van der Waals surface area contributed by atoms with Gasteiger partial charge >= 0.3 is 0 Å². The molecule has 0 saturated carbocycles. The number of ether oxygens (including phenoxy) is 1. The van der Waals surface area contributed by atoms with Crippen molar-refractivity contribution < 1.29 is 13.2 Å². The highest BCUT2D eigenvalue weighted by Crippen LogP contribution is 2.08. The summed E-state index contributed by atoms with van der Waals surface area (Å²) in [5.74, 6) is 0.681. The summed E-state index contributed by atoms with van der Waals surface area (Å²) in [4.78, 5) is 5.69. The zero-order valence-electron chi connectivity index (χ0n) is 14.0. The number of hydrogen-bond acceptors (Lipinski definition) is 5. The Morgan fingerprint density at radius 1 is 1.38 bits per heavy atom. The zero-order valence-corrected chi connectivity index (χ0v) is 15.7. The van der Waals surface area contributed by atoms with Crippen LogP contribution in [0, 0.1) is 0 Å². The molecule has 1 aromatic heterocycles. The number of thiophene rings is 1. The second-order valence-corrected chi connectivity index (χ2v) is 8.46. The third-order valence-electron chi connectivity index (χ3n) is 3.57.